The van der Waals surface area contributed by atoms with Crippen molar-refractivity contribution in [1.29, 1.82) is 0 Å². The van der Waals surface area contributed by atoms with E-state index >= 15 is 0 Å². The minimum Gasteiger partial charge on any atom is -0.378 e. The van der Waals surface area contributed by atoms with Gasteiger partial charge in [0.1, 0.15) is 11.6 Å². The van der Waals surface area contributed by atoms with Gasteiger partial charge >= 0.3 is 0 Å². The molecule has 0 spiro atoms. The van der Waals surface area contributed by atoms with Gasteiger partial charge in [-0.15, -0.1) is 0 Å². The summed E-state index contributed by atoms with van der Waals surface area (Å²) in [7, 11) is 0. The molecule has 0 amide bonds. The summed E-state index contributed by atoms with van der Waals surface area (Å²) in [5, 5.41) is 4.04. The summed E-state index contributed by atoms with van der Waals surface area (Å²) in [5.74, 6) is 1.25. The summed E-state index contributed by atoms with van der Waals surface area (Å²) in [6, 6.07) is 11.3. The quantitative estimate of drug-likeness (QED) is 0.655. The lowest BCUT2D eigenvalue weighted by atomic mass is 10.00. The van der Waals surface area contributed by atoms with E-state index in [9.17, 15) is 4.39 Å². The Morgan fingerprint density at radius 1 is 1.10 bits per heavy atom. The van der Waals surface area contributed by atoms with Crippen molar-refractivity contribution in [2.45, 2.75) is 18.9 Å². The molecule has 2 aliphatic rings. The highest BCUT2D eigenvalue weighted by molar-refractivity contribution is 7.18. The van der Waals surface area contributed by atoms with Crippen molar-refractivity contribution in [2.24, 2.45) is 5.92 Å². The predicted octanol–water partition coefficient (Wildman–Crippen LogP) is 4.35. The lowest BCUT2D eigenvalue weighted by molar-refractivity contribution is -0.0580. The molecule has 5 rings (SSSR count). The summed E-state index contributed by atoms with van der Waals surface area (Å²) in [6.45, 7) is 4.15. The highest BCUT2D eigenvalue weighted by atomic mass is 32.1. The number of aromatic nitrogens is 2. The number of anilines is 2. The van der Waals surface area contributed by atoms with Crippen LogP contribution in [0.2, 0.25) is 0 Å². The van der Waals surface area contributed by atoms with E-state index in [1.54, 1.807) is 18.3 Å². The number of hydrogen-bond acceptors (Lipinski definition) is 6. The van der Waals surface area contributed by atoms with Crippen LogP contribution in [-0.2, 0) is 11.2 Å². The zero-order valence-corrected chi connectivity index (χ0v) is 16.9. The molecule has 0 aliphatic carbocycles. The molecular formula is C22H23FN4OS. The van der Waals surface area contributed by atoms with E-state index < -0.39 is 0 Å². The molecule has 29 heavy (non-hydrogen) atoms. The minimum absolute atomic E-state index is 0.233. The van der Waals surface area contributed by atoms with Crippen molar-refractivity contribution < 1.29 is 9.13 Å². The highest BCUT2D eigenvalue weighted by Gasteiger charge is 2.32. The lowest BCUT2D eigenvalue weighted by Crippen LogP contribution is -2.47. The second-order valence-corrected chi connectivity index (χ2v) is 8.79. The van der Waals surface area contributed by atoms with Gasteiger partial charge in [-0.2, -0.15) is 0 Å². The molecule has 1 aromatic carbocycles. The van der Waals surface area contributed by atoms with Crippen LogP contribution in [0.4, 0.5) is 15.3 Å². The third-order valence-corrected chi connectivity index (χ3v) is 6.63. The van der Waals surface area contributed by atoms with Crippen LogP contribution >= 0.6 is 11.3 Å². The molecule has 2 aromatic heterocycles. The van der Waals surface area contributed by atoms with Crippen LogP contribution in [0, 0.1) is 11.7 Å². The average molecular weight is 411 g/mol. The first-order valence-electron chi connectivity index (χ1n) is 9.98. The molecule has 1 N–H and O–H groups in total. The van der Waals surface area contributed by atoms with Crippen LogP contribution in [0.15, 0.2) is 48.8 Å². The average Bonchev–Trinajstić information content (AvgIpc) is 3.33. The number of rotatable bonds is 6. The molecule has 1 unspecified atom stereocenters. The number of pyridine rings is 1. The molecule has 7 heteroatoms. The third-order valence-electron chi connectivity index (χ3n) is 5.67. The first-order chi connectivity index (χ1) is 14.2. The number of likely N-dealkylation sites (tertiary alicyclic amines) is 1. The fourth-order valence-corrected chi connectivity index (χ4v) is 4.77. The Morgan fingerprint density at radius 2 is 1.97 bits per heavy atom. The summed E-state index contributed by atoms with van der Waals surface area (Å²) in [6.07, 6.45) is 6.09. The van der Waals surface area contributed by atoms with Gasteiger partial charge < -0.3 is 10.1 Å². The fraction of sp³-hybridized carbons (Fsp3) is 0.364. The number of benzene rings is 1. The van der Waals surface area contributed by atoms with Gasteiger partial charge in [-0.25, -0.2) is 14.4 Å². The van der Waals surface area contributed by atoms with Crippen LogP contribution in [0.25, 0.3) is 10.4 Å². The topological polar surface area (TPSA) is 50.3 Å². The minimum atomic E-state index is -0.233. The van der Waals surface area contributed by atoms with Crippen molar-refractivity contribution in [3.8, 4) is 10.4 Å². The van der Waals surface area contributed by atoms with Gasteiger partial charge in [-0.05, 0) is 54.6 Å². The standard InChI is InChI=1S/C22H23FN4OS/c23-18-4-2-17(3-5-18)20-11-25-22(29-20)26-21-6-1-15(10-24-21)9-16-7-8-27(12-16)19-13-28-14-19/h1-6,10-11,16,19H,7-9,12-14H2,(H,24,25,26). The molecule has 0 saturated carbocycles. The molecule has 2 saturated heterocycles. The van der Waals surface area contributed by atoms with Crippen molar-refractivity contribution >= 4 is 22.3 Å². The van der Waals surface area contributed by atoms with Crippen LogP contribution < -0.4 is 5.32 Å². The van der Waals surface area contributed by atoms with Gasteiger partial charge in [0.25, 0.3) is 0 Å². The Bertz CT molecular complexity index is 956. The maximum absolute atomic E-state index is 13.1. The molecule has 0 radical (unpaired) electrons. The van der Waals surface area contributed by atoms with Crippen molar-refractivity contribution in [3.05, 3.63) is 60.2 Å². The molecule has 0 bridgehead atoms. The van der Waals surface area contributed by atoms with Crippen molar-refractivity contribution in [2.75, 3.05) is 31.6 Å². The van der Waals surface area contributed by atoms with Gasteiger partial charge in [0.15, 0.2) is 5.13 Å². The first kappa shape index (κ1) is 18.7. The van der Waals surface area contributed by atoms with Crippen LogP contribution in [0.5, 0.6) is 0 Å². The van der Waals surface area contributed by atoms with Gasteiger partial charge in [0.2, 0.25) is 0 Å². The zero-order chi connectivity index (χ0) is 19.6. The second kappa shape index (κ2) is 8.18. The maximum Gasteiger partial charge on any atom is 0.188 e. The SMILES string of the molecule is Fc1ccc(-c2cnc(Nc3ccc(CC4CCN(C5COC5)C4)cn3)s2)cc1. The van der Waals surface area contributed by atoms with E-state index in [2.05, 4.69) is 26.3 Å². The number of nitrogens with zero attached hydrogens (tertiary/aromatic N) is 3. The first-order valence-corrected chi connectivity index (χ1v) is 10.8. The van der Waals surface area contributed by atoms with Crippen LogP contribution in [-0.4, -0.2) is 47.2 Å². The van der Waals surface area contributed by atoms with E-state index in [1.807, 2.05) is 12.3 Å². The number of ether oxygens (including phenoxy) is 1. The monoisotopic (exact) mass is 410 g/mol. The largest absolute Gasteiger partial charge is 0.378 e. The molecule has 2 fully saturated rings. The van der Waals surface area contributed by atoms with Crippen molar-refractivity contribution in [3.63, 3.8) is 0 Å². The zero-order valence-electron chi connectivity index (χ0n) is 16.1. The van der Waals surface area contributed by atoms with E-state index in [1.165, 1.54) is 48.5 Å². The van der Waals surface area contributed by atoms with E-state index in [-0.39, 0.29) is 5.82 Å². The Balaban J connectivity index is 1.17. The molecule has 2 aliphatic heterocycles. The van der Waals surface area contributed by atoms with Gasteiger partial charge in [-0.1, -0.05) is 29.5 Å². The van der Waals surface area contributed by atoms with Crippen molar-refractivity contribution in [1.82, 2.24) is 14.9 Å². The smallest absolute Gasteiger partial charge is 0.188 e. The summed E-state index contributed by atoms with van der Waals surface area (Å²) in [4.78, 5) is 12.5. The second-order valence-electron chi connectivity index (χ2n) is 7.76. The number of thiazole rings is 1. The molecule has 150 valence electrons. The van der Waals surface area contributed by atoms with E-state index in [0.29, 0.717) is 12.0 Å². The van der Waals surface area contributed by atoms with E-state index in [0.717, 1.165) is 41.0 Å². The number of hydrogen-bond donors (Lipinski definition) is 1. The lowest BCUT2D eigenvalue weighted by Gasteiger charge is -2.34. The molecule has 1 atom stereocenters. The van der Waals surface area contributed by atoms with Crippen LogP contribution in [0.1, 0.15) is 12.0 Å². The van der Waals surface area contributed by atoms with Crippen LogP contribution in [0.3, 0.4) is 0 Å². The number of halogens is 1. The molecule has 3 aromatic rings. The summed E-state index contributed by atoms with van der Waals surface area (Å²) < 4.78 is 18.4. The molecule has 4 heterocycles. The van der Waals surface area contributed by atoms with Gasteiger partial charge in [0.05, 0.1) is 24.1 Å². The van der Waals surface area contributed by atoms with Gasteiger partial charge in [-0.3, -0.25) is 4.90 Å². The fourth-order valence-electron chi connectivity index (χ4n) is 3.94. The molecular weight excluding hydrogens is 387 g/mol. The number of nitrogens with one attached hydrogen (secondary N) is 1. The Morgan fingerprint density at radius 3 is 2.69 bits per heavy atom. The normalized spacial score (nSPS) is 20.0. The Kier molecular flexibility index (Phi) is 5.26. The maximum atomic E-state index is 13.1. The third kappa shape index (κ3) is 4.32. The van der Waals surface area contributed by atoms with E-state index in [4.69, 9.17) is 4.74 Å². The highest BCUT2D eigenvalue weighted by Crippen LogP contribution is 2.30. The summed E-state index contributed by atoms with van der Waals surface area (Å²) >= 11 is 1.53. The molecule has 5 nitrogen and oxygen atoms in total. The summed E-state index contributed by atoms with van der Waals surface area (Å²) in [5.41, 5.74) is 2.23. The Labute approximate surface area is 173 Å². The van der Waals surface area contributed by atoms with Gasteiger partial charge in [0, 0.05) is 18.9 Å². The Hall–Kier alpha value is -2.35. The predicted molar refractivity (Wildman–Crippen MR) is 113 cm³/mol.